The molecule has 0 radical (unpaired) electrons. The predicted octanol–water partition coefficient (Wildman–Crippen LogP) is 3.10. The van der Waals surface area contributed by atoms with Gasteiger partial charge < -0.3 is 11.1 Å². The topological polar surface area (TPSA) is 63.8 Å². The highest BCUT2D eigenvalue weighted by Crippen LogP contribution is 2.30. The predicted molar refractivity (Wildman–Crippen MR) is 61.1 cm³/mol. The van der Waals surface area contributed by atoms with E-state index in [1.165, 1.54) is 0 Å². The van der Waals surface area contributed by atoms with Crippen molar-refractivity contribution in [2.24, 2.45) is 0 Å². The van der Waals surface area contributed by atoms with Crippen molar-refractivity contribution in [1.29, 1.82) is 0 Å². The Morgan fingerprint density at radius 2 is 1.70 bits per heavy atom. The number of nitrogens with one attached hydrogen (secondary N) is 1. The molecule has 2 aromatic rings. The first kappa shape index (κ1) is 14.0. The maximum Gasteiger partial charge on any atom is 0.433 e. The number of alkyl halides is 3. The Labute approximate surface area is 109 Å². The molecule has 0 unspecified atom stereocenters. The highest BCUT2D eigenvalue weighted by atomic mass is 19.4. The molecule has 4 nitrogen and oxygen atoms in total. The molecule has 1 aromatic carbocycles. The van der Waals surface area contributed by atoms with Gasteiger partial charge in [-0.05, 0) is 12.1 Å². The first-order chi connectivity index (χ1) is 9.25. The van der Waals surface area contributed by atoms with Crippen LogP contribution < -0.4 is 11.1 Å². The quantitative estimate of drug-likeness (QED) is 0.834. The summed E-state index contributed by atoms with van der Waals surface area (Å²) < 4.78 is 63.3. The second-order valence-corrected chi connectivity index (χ2v) is 3.75. The molecular formula is C11H7F5N4. The van der Waals surface area contributed by atoms with E-state index in [1.807, 2.05) is 0 Å². The fourth-order valence-electron chi connectivity index (χ4n) is 1.40. The molecule has 0 bridgehead atoms. The van der Waals surface area contributed by atoms with Gasteiger partial charge in [0, 0.05) is 17.8 Å². The highest BCUT2D eigenvalue weighted by Gasteiger charge is 2.33. The van der Waals surface area contributed by atoms with E-state index in [4.69, 9.17) is 5.73 Å². The SMILES string of the molecule is Nc1nc(Nc2ccc(F)c(F)c2)cc(C(F)(F)F)n1. The number of nitrogens with zero attached hydrogens (tertiary/aromatic N) is 2. The summed E-state index contributed by atoms with van der Waals surface area (Å²) in [7, 11) is 0. The third kappa shape index (κ3) is 3.11. The Hall–Kier alpha value is -2.45. The van der Waals surface area contributed by atoms with E-state index in [1.54, 1.807) is 0 Å². The summed E-state index contributed by atoms with van der Waals surface area (Å²) in [6.07, 6.45) is -4.69. The molecule has 20 heavy (non-hydrogen) atoms. The largest absolute Gasteiger partial charge is 0.433 e. The second kappa shape index (κ2) is 4.91. The summed E-state index contributed by atoms with van der Waals surface area (Å²) in [5.74, 6) is -3.09. The zero-order valence-electron chi connectivity index (χ0n) is 9.67. The number of anilines is 3. The molecule has 0 saturated heterocycles. The summed E-state index contributed by atoms with van der Waals surface area (Å²) in [5, 5.41) is 2.39. The number of hydrogen-bond acceptors (Lipinski definition) is 4. The summed E-state index contributed by atoms with van der Waals surface area (Å²) in [4.78, 5) is 6.58. The number of rotatable bonds is 2. The van der Waals surface area contributed by atoms with Crippen LogP contribution in [0.1, 0.15) is 5.69 Å². The standard InChI is InChI=1S/C11H7F5N4/c12-6-2-1-5(3-7(6)13)18-9-4-8(11(14,15)16)19-10(17)20-9/h1-4H,(H3,17,18,19,20). The van der Waals surface area contributed by atoms with E-state index in [-0.39, 0.29) is 11.5 Å². The number of aromatic nitrogens is 2. The number of nitrogen functional groups attached to an aromatic ring is 1. The third-order valence-corrected chi connectivity index (χ3v) is 2.23. The van der Waals surface area contributed by atoms with Gasteiger partial charge in [0.05, 0.1) is 0 Å². The first-order valence-electron chi connectivity index (χ1n) is 5.19. The molecule has 0 aliphatic carbocycles. The first-order valence-corrected chi connectivity index (χ1v) is 5.19. The molecule has 0 aliphatic heterocycles. The Morgan fingerprint density at radius 3 is 2.30 bits per heavy atom. The summed E-state index contributed by atoms with van der Waals surface area (Å²) >= 11 is 0. The molecule has 0 aliphatic rings. The van der Waals surface area contributed by atoms with Gasteiger partial charge >= 0.3 is 6.18 Å². The van der Waals surface area contributed by atoms with Crippen LogP contribution in [0.3, 0.4) is 0 Å². The molecule has 0 spiro atoms. The van der Waals surface area contributed by atoms with Gasteiger partial charge in [-0.2, -0.15) is 18.2 Å². The van der Waals surface area contributed by atoms with Crippen LogP contribution in [0.4, 0.5) is 39.4 Å². The van der Waals surface area contributed by atoms with Gasteiger partial charge in [0.2, 0.25) is 5.95 Å². The maximum atomic E-state index is 13.0. The number of nitrogens with two attached hydrogens (primary N) is 1. The monoisotopic (exact) mass is 290 g/mol. The summed E-state index contributed by atoms with van der Waals surface area (Å²) in [5.41, 5.74) is 3.95. The van der Waals surface area contributed by atoms with Gasteiger partial charge in [0.25, 0.3) is 0 Å². The van der Waals surface area contributed by atoms with Crippen molar-refractivity contribution in [2.45, 2.75) is 6.18 Å². The average Bonchev–Trinajstić information content (AvgIpc) is 2.32. The van der Waals surface area contributed by atoms with Crippen LogP contribution in [0.25, 0.3) is 0 Å². The zero-order chi connectivity index (χ0) is 14.9. The lowest BCUT2D eigenvalue weighted by molar-refractivity contribution is -0.141. The van der Waals surface area contributed by atoms with Crippen molar-refractivity contribution in [3.05, 3.63) is 41.6 Å². The minimum atomic E-state index is -4.69. The Morgan fingerprint density at radius 1 is 1.00 bits per heavy atom. The van der Waals surface area contributed by atoms with E-state index < -0.39 is 29.5 Å². The Kier molecular flexibility index (Phi) is 3.43. The molecule has 0 atom stereocenters. The summed E-state index contributed by atoms with van der Waals surface area (Å²) in [6.45, 7) is 0. The molecule has 9 heteroatoms. The molecule has 0 saturated carbocycles. The van der Waals surface area contributed by atoms with Crippen molar-refractivity contribution >= 4 is 17.5 Å². The third-order valence-electron chi connectivity index (χ3n) is 2.23. The number of benzene rings is 1. The molecule has 106 valence electrons. The molecule has 0 amide bonds. The maximum absolute atomic E-state index is 13.0. The van der Waals surface area contributed by atoms with Gasteiger partial charge in [-0.25, -0.2) is 13.8 Å². The van der Waals surface area contributed by atoms with E-state index in [0.29, 0.717) is 6.07 Å². The van der Waals surface area contributed by atoms with Crippen LogP contribution in [0.15, 0.2) is 24.3 Å². The fraction of sp³-hybridized carbons (Fsp3) is 0.0909. The van der Waals surface area contributed by atoms with Crippen LogP contribution in [0.5, 0.6) is 0 Å². The smallest absolute Gasteiger partial charge is 0.368 e. The summed E-state index contributed by atoms with van der Waals surface area (Å²) in [6, 6.07) is 3.36. The Balaban J connectivity index is 2.33. The van der Waals surface area contributed by atoms with E-state index in [9.17, 15) is 22.0 Å². The van der Waals surface area contributed by atoms with Crippen LogP contribution in [0, 0.1) is 11.6 Å². The van der Waals surface area contributed by atoms with Crippen molar-refractivity contribution in [2.75, 3.05) is 11.1 Å². The normalized spacial score (nSPS) is 11.4. The minimum Gasteiger partial charge on any atom is -0.368 e. The van der Waals surface area contributed by atoms with E-state index in [0.717, 1.165) is 18.2 Å². The van der Waals surface area contributed by atoms with Gasteiger partial charge in [0.15, 0.2) is 17.3 Å². The van der Waals surface area contributed by atoms with Crippen molar-refractivity contribution in [3.63, 3.8) is 0 Å². The zero-order valence-corrected chi connectivity index (χ0v) is 9.67. The lowest BCUT2D eigenvalue weighted by Gasteiger charge is -2.10. The molecule has 0 fully saturated rings. The molecule has 1 heterocycles. The van der Waals surface area contributed by atoms with Crippen molar-refractivity contribution in [3.8, 4) is 0 Å². The highest BCUT2D eigenvalue weighted by molar-refractivity contribution is 5.57. The Bertz CT molecular complexity index is 641. The average molecular weight is 290 g/mol. The lowest BCUT2D eigenvalue weighted by atomic mass is 10.3. The molecule has 2 rings (SSSR count). The van der Waals surface area contributed by atoms with Gasteiger partial charge in [-0.1, -0.05) is 0 Å². The number of halogens is 5. The van der Waals surface area contributed by atoms with Gasteiger partial charge in [-0.3, -0.25) is 0 Å². The van der Waals surface area contributed by atoms with Crippen molar-refractivity contribution in [1.82, 2.24) is 9.97 Å². The van der Waals surface area contributed by atoms with Crippen LogP contribution >= 0.6 is 0 Å². The minimum absolute atomic E-state index is 0.0233. The van der Waals surface area contributed by atoms with Crippen LogP contribution in [0.2, 0.25) is 0 Å². The van der Waals surface area contributed by atoms with Crippen LogP contribution in [-0.4, -0.2) is 9.97 Å². The molecule has 1 aromatic heterocycles. The van der Waals surface area contributed by atoms with E-state index >= 15 is 0 Å². The fourth-order valence-corrected chi connectivity index (χ4v) is 1.40. The van der Waals surface area contributed by atoms with Crippen molar-refractivity contribution < 1.29 is 22.0 Å². The van der Waals surface area contributed by atoms with Crippen LogP contribution in [-0.2, 0) is 6.18 Å². The second-order valence-electron chi connectivity index (χ2n) is 3.75. The molecule has 3 N–H and O–H groups in total. The lowest BCUT2D eigenvalue weighted by Crippen LogP contribution is -2.12. The molecular weight excluding hydrogens is 283 g/mol. The van der Waals surface area contributed by atoms with E-state index in [2.05, 4.69) is 15.3 Å². The van der Waals surface area contributed by atoms with Gasteiger partial charge in [0.1, 0.15) is 5.82 Å². The van der Waals surface area contributed by atoms with Gasteiger partial charge in [-0.15, -0.1) is 0 Å². The number of hydrogen-bond donors (Lipinski definition) is 2.